The Morgan fingerprint density at radius 2 is 2.04 bits per heavy atom. The molecule has 2 aromatic rings. The lowest BCUT2D eigenvalue weighted by molar-refractivity contribution is 0.0374. The van der Waals surface area contributed by atoms with Crippen LogP contribution in [0, 0.1) is 0 Å². The second-order valence-corrected chi connectivity index (χ2v) is 7.16. The molecule has 0 bridgehead atoms. The van der Waals surface area contributed by atoms with Crippen LogP contribution < -0.4 is 10.9 Å². The van der Waals surface area contributed by atoms with E-state index in [-0.39, 0.29) is 11.3 Å². The minimum atomic E-state index is -0.499. The second-order valence-electron chi connectivity index (χ2n) is 7.16. The van der Waals surface area contributed by atoms with Gasteiger partial charge in [-0.25, -0.2) is 0 Å². The van der Waals surface area contributed by atoms with Crippen LogP contribution in [0.5, 0.6) is 5.75 Å². The summed E-state index contributed by atoms with van der Waals surface area (Å²) in [6.07, 6.45) is 2.53. The van der Waals surface area contributed by atoms with Crippen molar-refractivity contribution in [3.63, 3.8) is 0 Å². The second kappa shape index (κ2) is 7.70. The summed E-state index contributed by atoms with van der Waals surface area (Å²) in [5, 5.41) is 14.0. The quantitative estimate of drug-likeness (QED) is 0.769. The fourth-order valence-corrected chi connectivity index (χ4v) is 4.04. The molecule has 0 atom stereocenters. The van der Waals surface area contributed by atoms with Gasteiger partial charge >= 0.3 is 0 Å². The summed E-state index contributed by atoms with van der Waals surface area (Å²) in [7, 11) is 0. The number of aryl methyl sites for hydroxylation is 2. The van der Waals surface area contributed by atoms with Gasteiger partial charge in [-0.15, -0.1) is 0 Å². The third-order valence-corrected chi connectivity index (χ3v) is 5.44. The molecule has 27 heavy (non-hydrogen) atoms. The largest absolute Gasteiger partial charge is 0.506 e. The molecule has 2 aliphatic heterocycles. The van der Waals surface area contributed by atoms with Crippen LogP contribution in [0.4, 0.5) is 0 Å². The van der Waals surface area contributed by atoms with Crippen LogP contribution in [-0.4, -0.2) is 59.9 Å². The van der Waals surface area contributed by atoms with Crippen molar-refractivity contribution >= 4 is 16.8 Å². The molecule has 1 fully saturated rings. The van der Waals surface area contributed by atoms with Gasteiger partial charge in [-0.3, -0.25) is 14.5 Å². The van der Waals surface area contributed by atoms with E-state index in [0.29, 0.717) is 18.5 Å². The highest BCUT2D eigenvalue weighted by molar-refractivity contribution is 6.02. The molecular formula is C20H25N3O4. The zero-order valence-corrected chi connectivity index (χ0v) is 15.4. The number of morpholine rings is 1. The first-order chi connectivity index (χ1) is 13.2. The van der Waals surface area contributed by atoms with Gasteiger partial charge in [0.2, 0.25) is 0 Å². The molecule has 3 heterocycles. The van der Waals surface area contributed by atoms with Crippen molar-refractivity contribution in [1.82, 2.24) is 14.8 Å². The number of rotatable bonds is 5. The normalized spacial score (nSPS) is 17.2. The zero-order valence-electron chi connectivity index (χ0n) is 15.4. The van der Waals surface area contributed by atoms with Gasteiger partial charge in [-0.05, 0) is 37.4 Å². The summed E-state index contributed by atoms with van der Waals surface area (Å²) in [5.41, 5.74) is 1.25. The molecule has 4 rings (SSSR count). The van der Waals surface area contributed by atoms with Crippen LogP contribution >= 0.6 is 0 Å². The fourth-order valence-electron chi connectivity index (χ4n) is 4.04. The number of hydrogen-bond acceptors (Lipinski definition) is 5. The van der Waals surface area contributed by atoms with E-state index in [0.717, 1.165) is 63.2 Å². The van der Waals surface area contributed by atoms with Gasteiger partial charge in [-0.1, -0.05) is 12.1 Å². The van der Waals surface area contributed by atoms with Gasteiger partial charge in [0.1, 0.15) is 11.3 Å². The van der Waals surface area contributed by atoms with E-state index in [2.05, 4.69) is 10.2 Å². The average Bonchev–Trinajstić information content (AvgIpc) is 2.70. The molecule has 0 saturated carbocycles. The van der Waals surface area contributed by atoms with Gasteiger partial charge in [0, 0.05) is 31.6 Å². The van der Waals surface area contributed by atoms with Crippen LogP contribution in [0.1, 0.15) is 28.8 Å². The number of hydrogen-bond donors (Lipinski definition) is 2. The van der Waals surface area contributed by atoms with Gasteiger partial charge in [-0.2, -0.15) is 0 Å². The Morgan fingerprint density at radius 3 is 2.85 bits per heavy atom. The van der Waals surface area contributed by atoms with E-state index in [1.807, 2.05) is 12.1 Å². The number of pyridine rings is 1. The Kier molecular flexibility index (Phi) is 5.13. The van der Waals surface area contributed by atoms with Crippen LogP contribution in [0.2, 0.25) is 0 Å². The molecule has 0 unspecified atom stereocenters. The highest BCUT2D eigenvalue weighted by Crippen LogP contribution is 2.31. The standard InChI is InChI=1S/C20H25N3O4/c24-18-15-6-1-4-14-5-2-9-23(17(14)15)20(26)16(18)19(25)21-7-3-8-22-10-12-27-13-11-22/h1,4,6,24H,2-3,5,7-13H2,(H,21,25). The first-order valence-electron chi connectivity index (χ1n) is 9.62. The maximum Gasteiger partial charge on any atom is 0.267 e. The first-order valence-corrected chi connectivity index (χ1v) is 9.62. The van der Waals surface area contributed by atoms with Crippen molar-refractivity contribution in [3.05, 3.63) is 39.7 Å². The Labute approximate surface area is 157 Å². The third kappa shape index (κ3) is 3.44. The molecule has 7 nitrogen and oxygen atoms in total. The Hall–Kier alpha value is -2.38. The Balaban J connectivity index is 1.51. The maximum atomic E-state index is 12.9. The number of nitrogens with zero attached hydrogens (tertiary/aromatic N) is 2. The van der Waals surface area contributed by atoms with Gasteiger partial charge in [0.25, 0.3) is 11.5 Å². The van der Waals surface area contributed by atoms with Crippen LogP contribution in [0.15, 0.2) is 23.0 Å². The zero-order chi connectivity index (χ0) is 18.8. The van der Waals surface area contributed by atoms with Crippen molar-refractivity contribution in [1.29, 1.82) is 0 Å². The number of para-hydroxylation sites is 1. The van der Waals surface area contributed by atoms with Crippen LogP contribution in [0.3, 0.4) is 0 Å². The lowest BCUT2D eigenvalue weighted by atomic mass is 9.99. The number of carbonyl (C=O) groups is 1. The summed E-state index contributed by atoms with van der Waals surface area (Å²) in [6.45, 7) is 5.23. The highest BCUT2D eigenvalue weighted by atomic mass is 16.5. The Morgan fingerprint density at radius 1 is 1.22 bits per heavy atom. The van der Waals surface area contributed by atoms with Gasteiger partial charge < -0.3 is 19.7 Å². The van der Waals surface area contributed by atoms with Crippen molar-refractivity contribution in [2.45, 2.75) is 25.8 Å². The van der Waals surface area contributed by atoms with E-state index in [9.17, 15) is 14.7 Å². The monoisotopic (exact) mass is 371 g/mol. The molecule has 144 valence electrons. The molecule has 7 heteroatoms. The average molecular weight is 371 g/mol. The fraction of sp³-hybridized carbons (Fsp3) is 0.500. The van der Waals surface area contributed by atoms with E-state index in [4.69, 9.17) is 4.74 Å². The number of aromatic nitrogens is 1. The van der Waals surface area contributed by atoms with Gasteiger partial charge in [0.05, 0.1) is 18.7 Å². The molecule has 1 aromatic heterocycles. The van der Waals surface area contributed by atoms with E-state index >= 15 is 0 Å². The lowest BCUT2D eigenvalue weighted by Crippen LogP contribution is -2.39. The van der Waals surface area contributed by atoms with Gasteiger partial charge in [0.15, 0.2) is 0 Å². The Bertz CT molecular complexity index is 916. The number of amides is 1. The number of aromatic hydroxyl groups is 1. The summed E-state index contributed by atoms with van der Waals surface area (Å²) in [4.78, 5) is 27.8. The molecule has 0 radical (unpaired) electrons. The maximum absolute atomic E-state index is 12.9. The van der Waals surface area contributed by atoms with Crippen LogP contribution in [0.25, 0.3) is 10.9 Å². The lowest BCUT2D eigenvalue weighted by Gasteiger charge is -2.26. The first kappa shape index (κ1) is 18.0. The van der Waals surface area contributed by atoms with Crippen molar-refractivity contribution in [2.75, 3.05) is 39.4 Å². The highest BCUT2D eigenvalue weighted by Gasteiger charge is 2.24. The SMILES string of the molecule is O=C(NCCCN1CCOCC1)c1c(O)c2cccc3c2n(c1=O)CCC3. The van der Waals surface area contributed by atoms with Crippen molar-refractivity contribution < 1.29 is 14.6 Å². The number of carbonyl (C=O) groups excluding carboxylic acids is 1. The predicted octanol–water partition coefficient (Wildman–Crippen LogP) is 1.11. The number of benzene rings is 1. The predicted molar refractivity (Wildman–Crippen MR) is 102 cm³/mol. The summed E-state index contributed by atoms with van der Waals surface area (Å²) >= 11 is 0. The molecule has 1 aromatic carbocycles. The smallest absolute Gasteiger partial charge is 0.267 e. The van der Waals surface area contributed by atoms with E-state index in [1.54, 1.807) is 10.6 Å². The molecule has 0 spiro atoms. The minimum absolute atomic E-state index is 0.145. The molecule has 1 saturated heterocycles. The molecular weight excluding hydrogens is 346 g/mol. The minimum Gasteiger partial charge on any atom is -0.506 e. The van der Waals surface area contributed by atoms with Crippen LogP contribution in [-0.2, 0) is 17.7 Å². The molecule has 2 aliphatic rings. The van der Waals surface area contributed by atoms with E-state index < -0.39 is 11.5 Å². The van der Waals surface area contributed by atoms with Crippen molar-refractivity contribution in [2.24, 2.45) is 0 Å². The summed E-state index contributed by atoms with van der Waals surface area (Å²) in [6, 6.07) is 5.61. The van der Waals surface area contributed by atoms with E-state index in [1.165, 1.54) is 0 Å². The molecule has 1 amide bonds. The number of ether oxygens (including phenoxy) is 1. The molecule has 0 aliphatic carbocycles. The third-order valence-electron chi connectivity index (χ3n) is 5.44. The van der Waals surface area contributed by atoms with Crippen molar-refractivity contribution in [3.8, 4) is 5.75 Å². The molecule has 2 N–H and O–H groups in total. The summed E-state index contributed by atoms with van der Waals surface area (Å²) in [5.74, 6) is -0.707. The number of nitrogens with one attached hydrogen (secondary N) is 1. The topological polar surface area (TPSA) is 83.8 Å². The summed E-state index contributed by atoms with van der Waals surface area (Å²) < 4.78 is 6.96.